The summed E-state index contributed by atoms with van der Waals surface area (Å²) in [7, 11) is 0. The first-order valence-corrected chi connectivity index (χ1v) is 8.60. The monoisotopic (exact) mass is 329 g/mol. The number of benzene rings is 2. The van der Waals surface area contributed by atoms with Gasteiger partial charge in [-0.3, -0.25) is 4.99 Å². The fourth-order valence-corrected chi connectivity index (χ4v) is 3.58. The van der Waals surface area contributed by atoms with Crippen molar-refractivity contribution in [3.05, 3.63) is 83.7 Å². The van der Waals surface area contributed by atoms with Crippen molar-refractivity contribution < 1.29 is 0 Å². The maximum Gasteiger partial charge on any atom is 0.195 e. The first-order chi connectivity index (χ1) is 12.4. The van der Waals surface area contributed by atoms with Crippen LogP contribution in [0, 0.1) is 0 Å². The maximum atomic E-state index is 4.74. The molecule has 1 unspecified atom stereocenters. The van der Waals surface area contributed by atoms with Crippen LogP contribution in [0.5, 0.6) is 0 Å². The van der Waals surface area contributed by atoms with E-state index in [0.717, 1.165) is 31.3 Å². The Morgan fingerprint density at radius 3 is 2.48 bits per heavy atom. The van der Waals surface area contributed by atoms with E-state index in [1.54, 1.807) is 0 Å². The van der Waals surface area contributed by atoms with E-state index in [9.17, 15) is 0 Å². The van der Waals surface area contributed by atoms with Gasteiger partial charge in [0.1, 0.15) is 0 Å². The van der Waals surface area contributed by atoms with Crippen LogP contribution in [0.4, 0.5) is 0 Å². The van der Waals surface area contributed by atoms with Crippen LogP contribution in [0.2, 0.25) is 0 Å². The van der Waals surface area contributed by atoms with Gasteiger partial charge in [0.15, 0.2) is 5.96 Å². The topological polar surface area (TPSA) is 45.5 Å². The Kier molecular flexibility index (Phi) is 3.30. The molecule has 25 heavy (non-hydrogen) atoms. The molecule has 0 fully saturated rings. The van der Waals surface area contributed by atoms with E-state index in [1.807, 2.05) is 35.1 Å². The van der Waals surface area contributed by atoms with Crippen molar-refractivity contribution in [1.29, 1.82) is 0 Å². The molecule has 0 bridgehead atoms. The summed E-state index contributed by atoms with van der Waals surface area (Å²) in [6.45, 7) is 2.48. The summed E-state index contributed by atoms with van der Waals surface area (Å²) in [5, 5.41) is 8.14. The molecular formula is C20H19N5. The largest absolute Gasteiger partial charge is 0.348 e. The predicted molar refractivity (Wildman–Crippen MR) is 97.4 cm³/mol. The van der Waals surface area contributed by atoms with E-state index in [0.29, 0.717) is 0 Å². The summed E-state index contributed by atoms with van der Waals surface area (Å²) in [4.78, 5) is 7.04. The van der Waals surface area contributed by atoms with Crippen molar-refractivity contribution in [2.24, 2.45) is 4.99 Å². The van der Waals surface area contributed by atoms with E-state index >= 15 is 0 Å². The summed E-state index contributed by atoms with van der Waals surface area (Å²) in [5.41, 5.74) is 4.91. The fraction of sp³-hybridized carbons (Fsp3) is 0.200. The number of aromatic nitrogens is 2. The number of nitrogens with one attached hydrogen (secondary N) is 1. The van der Waals surface area contributed by atoms with Crippen LogP contribution in [0.1, 0.15) is 22.9 Å². The standard InChI is InChI=1S/C20H19N5/c1-3-7-15(8-4-1)18-12-21-20(23-18)24-13-16-11-22-25(19(16)14-24)17-9-5-2-6-10-17/h1-11,18H,12-14H2,(H,21,23). The zero-order valence-corrected chi connectivity index (χ0v) is 13.8. The third kappa shape index (κ3) is 2.48. The lowest BCUT2D eigenvalue weighted by atomic mass is 10.1. The molecular weight excluding hydrogens is 310 g/mol. The SMILES string of the molecule is c1ccc(C2CN=C(N3Cc4cnn(-c5ccccc5)c4C3)N2)cc1. The number of hydrogen-bond acceptors (Lipinski definition) is 4. The highest BCUT2D eigenvalue weighted by Gasteiger charge is 2.30. The lowest BCUT2D eigenvalue weighted by Crippen LogP contribution is -2.36. The smallest absolute Gasteiger partial charge is 0.195 e. The molecule has 5 nitrogen and oxygen atoms in total. The molecule has 1 N–H and O–H groups in total. The number of nitrogens with zero attached hydrogens (tertiary/aromatic N) is 4. The molecule has 3 heterocycles. The summed E-state index contributed by atoms with van der Waals surface area (Å²) in [6, 6.07) is 21.1. The second-order valence-corrected chi connectivity index (χ2v) is 6.49. The Morgan fingerprint density at radius 2 is 1.68 bits per heavy atom. The maximum absolute atomic E-state index is 4.74. The van der Waals surface area contributed by atoms with Gasteiger partial charge < -0.3 is 10.2 Å². The first kappa shape index (κ1) is 14.3. The third-order valence-corrected chi connectivity index (χ3v) is 4.89. The molecule has 5 heteroatoms. The van der Waals surface area contributed by atoms with Gasteiger partial charge in [0.25, 0.3) is 0 Å². The predicted octanol–water partition coefficient (Wildman–Crippen LogP) is 2.89. The van der Waals surface area contributed by atoms with Crippen molar-refractivity contribution in [3.63, 3.8) is 0 Å². The van der Waals surface area contributed by atoms with Crippen molar-refractivity contribution in [1.82, 2.24) is 20.0 Å². The van der Waals surface area contributed by atoms with Gasteiger partial charge in [-0.05, 0) is 17.7 Å². The van der Waals surface area contributed by atoms with Crippen molar-refractivity contribution in [2.45, 2.75) is 19.1 Å². The summed E-state index contributed by atoms with van der Waals surface area (Å²) < 4.78 is 2.04. The number of rotatable bonds is 2. The Morgan fingerprint density at radius 1 is 0.920 bits per heavy atom. The summed E-state index contributed by atoms with van der Waals surface area (Å²) >= 11 is 0. The van der Waals surface area contributed by atoms with E-state index < -0.39 is 0 Å². The Hall–Kier alpha value is -3.08. The average molecular weight is 329 g/mol. The zero-order chi connectivity index (χ0) is 16.6. The number of hydrogen-bond donors (Lipinski definition) is 1. The molecule has 3 aromatic rings. The van der Waals surface area contributed by atoms with Gasteiger partial charge in [0, 0.05) is 12.1 Å². The molecule has 2 aliphatic rings. The number of para-hydroxylation sites is 1. The van der Waals surface area contributed by atoms with Crippen LogP contribution in [0.25, 0.3) is 5.69 Å². The Balaban J connectivity index is 1.34. The van der Waals surface area contributed by atoms with Gasteiger partial charge in [-0.1, -0.05) is 48.5 Å². The van der Waals surface area contributed by atoms with Crippen LogP contribution < -0.4 is 5.32 Å². The number of fused-ring (bicyclic) bond motifs is 1. The second-order valence-electron chi connectivity index (χ2n) is 6.49. The molecule has 0 radical (unpaired) electrons. The van der Waals surface area contributed by atoms with Crippen LogP contribution >= 0.6 is 0 Å². The molecule has 0 amide bonds. The molecule has 5 rings (SSSR count). The van der Waals surface area contributed by atoms with Gasteiger partial charge in [0.2, 0.25) is 0 Å². The van der Waals surface area contributed by atoms with E-state index in [1.165, 1.54) is 16.8 Å². The molecule has 0 aliphatic carbocycles. The van der Waals surface area contributed by atoms with Gasteiger partial charge >= 0.3 is 0 Å². The molecule has 1 atom stereocenters. The highest BCUT2D eigenvalue weighted by atomic mass is 15.4. The minimum Gasteiger partial charge on any atom is -0.348 e. The van der Waals surface area contributed by atoms with Crippen molar-refractivity contribution in [3.8, 4) is 5.69 Å². The van der Waals surface area contributed by atoms with Crippen LogP contribution in [-0.2, 0) is 13.1 Å². The van der Waals surface area contributed by atoms with Crippen LogP contribution in [0.3, 0.4) is 0 Å². The Bertz CT molecular complexity index is 914. The second kappa shape index (κ2) is 5.77. The molecule has 0 saturated heterocycles. The molecule has 0 saturated carbocycles. The van der Waals surface area contributed by atoms with E-state index in [2.05, 4.69) is 51.7 Å². The van der Waals surface area contributed by atoms with E-state index in [-0.39, 0.29) is 6.04 Å². The minimum atomic E-state index is 0.269. The molecule has 2 aromatic carbocycles. The van der Waals surface area contributed by atoms with Gasteiger partial charge in [-0.25, -0.2) is 4.68 Å². The zero-order valence-electron chi connectivity index (χ0n) is 13.8. The molecule has 2 aliphatic heterocycles. The average Bonchev–Trinajstić information content (AvgIpc) is 3.38. The van der Waals surface area contributed by atoms with Crippen molar-refractivity contribution in [2.75, 3.05) is 6.54 Å². The minimum absolute atomic E-state index is 0.269. The quantitative estimate of drug-likeness (QED) is 0.786. The lowest BCUT2D eigenvalue weighted by Gasteiger charge is -2.20. The molecule has 124 valence electrons. The normalized spacial score (nSPS) is 18.8. The van der Waals surface area contributed by atoms with Gasteiger partial charge in [-0.15, -0.1) is 0 Å². The number of guanidine groups is 1. The summed E-state index contributed by atoms with van der Waals surface area (Å²) in [5.74, 6) is 0.990. The lowest BCUT2D eigenvalue weighted by molar-refractivity contribution is 0.421. The third-order valence-electron chi connectivity index (χ3n) is 4.89. The highest BCUT2D eigenvalue weighted by molar-refractivity contribution is 5.82. The molecule has 0 spiro atoms. The first-order valence-electron chi connectivity index (χ1n) is 8.60. The van der Waals surface area contributed by atoms with Gasteiger partial charge in [0.05, 0.1) is 36.7 Å². The number of aliphatic imine (C=N–C) groups is 1. The van der Waals surface area contributed by atoms with E-state index in [4.69, 9.17) is 4.99 Å². The van der Waals surface area contributed by atoms with Crippen LogP contribution in [0.15, 0.2) is 71.9 Å². The highest BCUT2D eigenvalue weighted by Crippen LogP contribution is 2.27. The van der Waals surface area contributed by atoms with Crippen LogP contribution in [-0.4, -0.2) is 27.2 Å². The Labute approximate surface area is 146 Å². The van der Waals surface area contributed by atoms with Gasteiger partial charge in [-0.2, -0.15) is 5.10 Å². The summed E-state index contributed by atoms with van der Waals surface area (Å²) in [6.07, 6.45) is 1.98. The fourth-order valence-electron chi connectivity index (χ4n) is 3.58. The molecule has 1 aromatic heterocycles. The van der Waals surface area contributed by atoms with Crippen molar-refractivity contribution >= 4 is 5.96 Å².